The van der Waals surface area contributed by atoms with E-state index < -0.39 is 0 Å². The first-order valence-electron chi connectivity index (χ1n) is 8.16. The molecule has 0 radical (unpaired) electrons. The van der Waals surface area contributed by atoms with Crippen LogP contribution in [0.4, 0.5) is 5.69 Å². The van der Waals surface area contributed by atoms with Crippen LogP contribution in [-0.4, -0.2) is 36.2 Å². The highest BCUT2D eigenvalue weighted by Crippen LogP contribution is 2.25. The number of nitrogens with zero attached hydrogens (tertiary/aromatic N) is 1. The van der Waals surface area contributed by atoms with Gasteiger partial charge in [0, 0.05) is 29.8 Å². The molecule has 0 aliphatic carbocycles. The predicted octanol–water partition coefficient (Wildman–Crippen LogP) is 4.76. The van der Waals surface area contributed by atoms with Crippen LogP contribution < -0.4 is 10.6 Å². The average Bonchev–Trinajstić information content (AvgIpc) is 2.46. The van der Waals surface area contributed by atoms with Gasteiger partial charge in [0.15, 0.2) is 5.11 Å². The highest BCUT2D eigenvalue weighted by molar-refractivity contribution is 9.10. The number of likely N-dealkylation sites (tertiary alicyclic amines) is 1. The second kappa shape index (κ2) is 9.21. The summed E-state index contributed by atoms with van der Waals surface area (Å²) in [6.45, 7) is 9.17. The highest BCUT2D eigenvalue weighted by Gasteiger charge is 2.20. The Kier molecular flexibility index (Phi) is 7.60. The Labute approximate surface area is 158 Å². The van der Waals surface area contributed by atoms with Gasteiger partial charge in [-0.1, -0.05) is 25.4 Å². The van der Waals surface area contributed by atoms with Crippen molar-refractivity contribution in [3.8, 4) is 0 Å². The van der Waals surface area contributed by atoms with E-state index in [2.05, 4.69) is 45.3 Å². The molecule has 2 N–H and O–H groups in total. The summed E-state index contributed by atoms with van der Waals surface area (Å²) in [5.74, 6) is 1.63. The van der Waals surface area contributed by atoms with E-state index in [9.17, 15) is 0 Å². The van der Waals surface area contributed by atoms with Crippen LogP contribution in [0.5, 0.6) is 0 Å². The van der Waals surface area contributed by atoms with Crippen molar-refractivity contribution < 1.29 is 0 Å². The fourth-order valence-corrected chi connectivity index (χ4v) is 3.88. The van der Waals surface area contributed by atoms with Crippen LogP contribution in [0.2, 0.25) is 5.02 Å². The minimum absolute atomic E-state index is 0.642. The minimum Gasteiger partial charge on any atom is -0.362 e. The Morgan fingerprint density at radius 1 is 1.35 bits per heavy atom. The second-order valence-electron chi connectivity index (χ2n) is 6.57. The lowest BCUT2D eigenvalue weighted by molar-refractivity contribution is 0.140. The number of piperidine rings is 1. The predicted molar refractivity (Wildman–Crippen MR) is 107 cm³/mol. The van der Waals surface area contributed by atoms with Gasteiger partial charge in [-0.3, -0.25) is 0 Å². The Balaban J connectivity index is 1.65. The number of halogens is 2. The fourth-order valence-electron chi connectivity index (χ4n) is 3.23. The zero-order valence-corrected chi connectivity index (χ0v) is 16.9. The summed E-state index contributed by atoms with van der Waals surface area (Å²) in [5, 5.41) is 7.74. The summed E-state index contributed by atoms with van der Waals surface area (Å²) >= 11 is 14.8. The van der Waals surface area contributed by atoms with Gasteiger partial charge in [-0.25, -0.2) is 0 Å². The third-order valence-corrected chi connectivity index (χ3v) is 5.54. The van der Waals surface area contributed by atoms with Crippen molar-refractivity contribution in [3.63, 3.8) is 0 Å². The number of anilines is 1. The van der Waals surface area contributed by atoms with Gasteiger partial charge in [0.1, 0.15) is 0 Å². The van der Waals surface area contributed by atoms with E-state index in [4.69, 9.17) is 23.8 Å². The van der Waals surface area contributed by atoms with E-state index in [0.29, 0.717) is 10.1 Å². The van der Waals surface area contributed by atoms with Gasteiger partial charge in [-0.2, -0.15) is 0 Å². The average molecular weight is 419 g/mol. The van der Waals surface area contributed by atoms with E-state index >= 15 is 0 Å². The third kappa shape index (κ3) is 6.57. The maximum atomic E-state index is 6.08. The zero-order valence-electron chi connectivity index (χ0n) is 13.7. The number of hydrogen-bond acceptors (Lipinski definition) is 2. The molecule has 0 spiro atoms. The number of benzene rings is 1. The molecule has 0 unspecified atom stereocenters. The van der Waals surface area contributed by atoms with Crippen molar-refractivity contribution in [2.45, 2.75) is 26.7 Å². The van der Waals surface area contributed by atoms with Gasteiger partial charge in [-0.15, -0.1) is 0 Å². The lowest BCUT2D eigenvalue weighted by atomic mass is 9.92. The summed E-state index contributed by atoms with van der Waals surface area (Å²) < 4.78 is 0.883. The Bertz CT molecular complexity index is 531. The molecular weight excluding hydrogens is 394 g/mol. The van der Waals surface area contributed by atoms with Crippen molar-refractivity contribution in [2.24, 2.45) is 11.8 Å². The molecule has 1 aliphatic heterocycles. The summed E-state index contributed by atoms with van der Waals surface area (Å²) in [6.07, 6.45) is 2.46. The molecule has 2 rings (SSSR count). The third-order valence-electron chi connectivity index (χ3n) is 4.06. The molecule has 1 aliphatic rings. The van der Waals surface area contributed by atoms with Gasteiger partial charge in [-0.05, 0) is 77.6 Å². The first-order valence-corrected chi connectivity index (χ1v) is 9.74. The van der Waals surface area contributed by atoms with Crippen LogP contribution in [0, 0.1) is 11.8 Å². The molecule has 2 atom stereocenters. The number of rotatable bonds is 5. The summed E-state index contributed by atoms with van der Waals surface area (Å²) in [5.41, 5.74) is 0.898. The largest absolute Gasteiger partial charge is 0.362 e. The van der Waals surface area contributed by atoms with E-state index in [0.717, 1.165) is 41.5 Å². The van der Waals surface area contributed by atoms with Crippen LogP contribution in [0.15, 0.2) is 22.7 Å². The standard InChI is InChI=1S/C17H25BrClN3S/c1-12-8-13(2)11-22(10-12)7-3-6-20-17(23)21-14-4-5-15(18)16(19)9-14/h4-5,9,12-13H,3,6-8,10-11H2,1-2H3,(H2,20,21,23)/t12-,13+. The first-order chi connectivity index (χ1) is 10.9. The molecule has 1 fully saturated rings. The lowest BCUT2D eigenvalue weighted by Gasteiger charge is -2.35. The van der Waals surface area contributed by atoms with Crippen molar-refractivity contribution >= 4 is 50.5 Å². The molecule has 1 aromatic rings. The van der Waals surface area contributed by atoms with Gasteiger partial charge in [0.25, 0.3) is 0 Å². The van der Waals surface area contributed by atoms with Crippen molar-refractivity contribution in [3.05, 3.63) is 27.7 Å². The SMILES string of the molecule is C[C@@H]1C[C@H](C)CN(CCCNC(=S)Nc2ccc(Br)c(Cl)c2)C1. The van der Waals surface area contributed by atoms with Gasteiger partial charge in [0.2, 0.25) is 0 Å². The molecule has 0 saturated carbocycles. The van der Waals surface area contributed by atoms with Crippen molar-refractivity contribution in [2.75, 3.05) is 31.5 Å². The van der Waals surface area contributed by atoms with E-state index in [1.165, 1.54) is 19.5 Å². The molecule has 23 heavy (non-hydrogen) atoms. The summed E-state index contributed by atoms with van der Waals surface area (Å²) in [7, 11) is 0. The van der Waals surface area contributed by atoms with Gasteiger partial charge < -0.3 is 15.5 Å². The number of hydrogen-bond donors (Lipinski definition) is 2. The molecule has 128 valence electrons. The van der Waals surface area contributed by atoms with E-state index in [1.54, 1.807) is 0 Å². The fraction of sp³-hybridized carbons (Fsp3) is 0.588. The van der Waals surface area contributed by atoms with Crippen LogP contribution in [0.1, 0.15) is 26.7 Å². The topological polar surface area (TPSA) is 27.3 Å². The Morgan fingerprint density at radius 2 is 2.04 bits per heavy atom. The zero-order chi connectivity index (χ0) is 16.8. The molecule has 1 aromatic carbocycles. The molecule has 0 aromatic heterocycles. The van der Waals surface area contributed by atoms with Crippen LogP contribution in [0.3, 0.4) is 0 Å². The molecule has 1 heterocycles. The molecule has 0 amide bonds. The number of thiocarbonyl (C=S) groups is 1. The lowest BCUT2D eigenvalue weighted by Crippen LogP contribution is -2.40. The quantitative estimate of drug-likeness (QED) is 0.532. The van der Waals surface area contributed by atoms with Gasteiger partial charge in [0.05, 0.1) is 5.02 Å². The first kappa shape index (κ1) is 19.0. The van der Waals surface area contributed by atoms with Gasteiger partial charge >= 0.3 is 0 Å². The molecule has 1 saturated heterocycles. The second-order valence-corrected chi connectivity index (χ2v) is 8.24. The molecule has 3 nitrogen and oxygen atoms in total. The maximum absolute atomic E-state index is 6.08. The smallest absolute Gasteiger partial charge is 0.170 e. The number of nitrogens with one attached hydrogen (secondary N) is 2. The summed E-state index contributed by atoms with van der Waals surface area (Å²) in [4.78, 5) is 2.57. The monoisotopic (exact) mass is 417 g/mol. The highest BCUT2D eigenvalue weighted by atomic mass is 79.9. The van der Waals surface area contributed by atoms with E-state index in [-0.39, 0.29) is 0 Å². The normalized spacial score (nSPS) is 21.9. The van der Waals surface area contributed by atoms with Crippen LogP contribution >= 0.6 is 39.7 Å². The van der Waals surface area contributed by atoms with Crippen molar-refractivity contribution in [1.29, 1.82) is 0 Å². The van der Waals surface area contributed by atoms with E-state index in [1.807, 2.05) is 18.2 Å². The van der Waals surface area contributed by atoms with Crippen LogP contribution in [-0.2, 0) is 0 Å². The molecular formula is C17H25BrClN3S. The summed E-state index contributed by atoms with van der Waals surface area (Å²) in [6, 6.07) is 5.71. The minimum atomic E-state index is 0.642. The van der Waals surface area contributed by atoms with Crippen molar-refractivity contribution in [1.82, 2.24) is 10.2 Å². The maximum Gasteiger partial charge on any atom is 0.170 e. The Hall–Kier alpha value is -0.360. The molecule has 0 bridgehead atoms. The molecule has 6 heteroatoms. The van der Waals surface area contributed by atoms with Crippen LogP contribution in [0.25, 0.3) is 0 Å². The Morgan fingerprint density at radius 3 is 2.70 bits per heavy atom.